The number of carbonyl (C=O) groups excluding carboxylic acids is 3. The molecule has 0 unspecified atom stereocenters. The number of anilines is 1. The van der Waals surface area contributed by atoms with Gasteiger partial charge in [-0.1, -0.05) is 6.07 Å². The third-order valence-electron chi connectivity index (χ3n) is 6.46. The topological polar surface area (TPSA) is 144 Å². The van der Waals surface area contributed by atoms with Gasteiger partial charge in [-0.2, -0.15) is 5.10 Å². The Balaban J connectivity index is 1.40. The summed E-state index contributed by atoms with van der Waals surface area (Å²) in [6, 6.07) is 15.4. The van der Waals surface area contributed by atoms with E-state index in [-0.39, 0.29) is 25.0 Å². The second-order valence-electron chi connectivity index (χ2n) is 8.97. The molecule has 2 amide bonds. The van der Waals surface area contributed by atoms with E-state index in [2.05, 4.69) is 10.4 Å². The van der Waals surface area contributed by atoms with Crippen LogP contribution in [0.3, 0.4) is 0 Å². The lowest BCUT2D eigenvalue weighted by Gasteiger charge is -2.21. The molecule has 39 heavy (non-hydrogen) atoms. The predicted molar refractivity (Wildman–Crippen MR) is 138 cm³/mol. The third-order valence-corrected chi connectivity index (χ3v) is 6.46. The fraction of sp³-hybridized carbons (Fsp3) is 0.143. The van der Waals surface area contributed by atoms with Crippen molar-refractivity contribution >= 4 is 23.5 Å². The molecule has 2 aliphatic rings. The molecule has 0 spiro atoms. The Kier molecular flexibility index (Phi) is 5.68. The molecular weight excluding hydrogens is 504 g/mol. The summed E-state index contributed by atoms with van der Waals surface area (Å²) in [5.41, 5.74) is 9.46. The summed E-state index contributed by atoms with van der Waals surface area (Å²) >= 11 is 0. The fourth-order valence-electron chi connectivity index (χ4n) is 4.66. The number of benzene rings is 3. The molecule has 0 saturated heterocycles. The molecule has 3 N–H and O–H groups in total. The van der Waals surface area contributed by atoms with Crippen LogP contribution in [0, 0.1) is 6.92 Å². The maximum atomic E-state index is 13.2. The minimum atomic E-state index is -0.689. The Morgan fingerprint density at radius 2 is 1.79 bits per heavy atom. The molecule has 0 bridgehead atoms. The van der Waals surface area contributed by atoms with Gasteiger partial charge in [-0.25, -0.2) is 4.68 Å². The van der Waals surface area contributed by atoms with Crippen molar-refractivity contribution < 1.29 is 33.3 Å². The highest BCUT2D eigenvalue weighted by Crippen LogP contribution is 2.43. The second-order valence-corrected chi connectivity index (χ2v) is 8.97. The molecular formula is C28H22N4O7. The SMILES string of the molecule is CC(=O)Oc1cccc(C(=O)Nc2ccc3c(c2)-c2c(c(C(N)=O)nn2-c2ccc4c(c2)OCO4)CO3)c1C. The van der Waals surface area contributed by atoms with Crippen LogP contribution in [0.4, 0.5) is 5.69 Å². The van der Waals surface area contributed by atoms with Gasteiger partial charge in [0.2, 0.25) is 6.79 Å². The summed E-state index contributed by atoms with van der Waals surface area (Å²) in [6.07, 6.45) is 0. The van der Waals surface area contributed by atoms with Gasteiger partial charge >= 0.3 is 5.97 Å². The first kappa shape index (κ1) is 24.0. The van der Waals surface area contributed by atoms with Crippen LogP contribution in [-0.2, 0) is 11.4 Å². The zero-order chi connectivity index (χ0) is 27.3. The van der Waals surface area contributed by atoms with Crippen LogP contribution >= 0.6 is 0 Å². The van der Waals surface area contributed by atoms with Crippen molar-refractivity contribution in [3.8, 4) is 39.9 Å². The standard InChI is InChI=1S/C28H22N4O7/c1-14-18(4-3-5-21(14)39-15(2)33)28(35)30-16-6-8-22-19(10-16)26-20(12-36-22)25(27(29)34)31-32(26)17-7-9-23-24(11-17)38-13-37-23/h3-11H,12-13H2,1-2H3,(H2,29,34)(H,30,35). The monoisotopic (exact) mass is 526 g/mol. The summed E-state index contributed by atoms with van der Waals surface area (Å²) in [4.78, 5) is 36.9. The Morgan fingerprint density at radius 3 is 2.59 bits per heavy atom. The van der Waals surface area contributed by atoms with E-state index in [1.165, 1.54) is 6.92 Å². The maximum Gasteiger partial charge on any atom is 0.308 e. The summed E-state index contributed by atoms with van der Waals surface area (Å²) in [6.45, 7) is 3.22. The molecule has 0 atom stereocenters. The number of nitrogens with zero attached hydrogens (tertiary/aromatic N) is 2. The Labute approximate surface area is 222 Å². The highest BCUT2D eigenvalue weighted by atomic mass is 16.7. The maximum absolute atomic E-state index is 13.2. The third kappa shape index (κ3) is 4.19. The van der Waals surface area contributed by atoms with Crippen LogP contribution in [0.15, 0.2) is 54.6 Å². The molecule has 6 rings (SSSR count). The summed E-state index contributed by atoms with van der Waals surface area (Å²) in [7, 11) is 0. The summed E-state index contributed by atoms with van der Waals surface area (Å²) in [5, 5.41) is 7.40. The fourth-order valence-corrected chi connectivity index (χ4v) is 4.66. The van der Waals surface area contributed by atoms with E-state index < -0.39 is 11.9 Å². The van der Waals surface area contributed by atoms with E-state index in [9.17, 15) is 14.4 Å². The van der Waals surface area contributed by atoms with Crippen LogP contribution < -0.4 is 30.0 Å². The van der Waals surface area contributed by atoms with Gasteiger partial charge in [0, 0.05) is 40.9 Å². The first-order chi connectivity index (χ1) is 18.8. The van der Waals surface area contributed by atoms with E-state index in [4.69, 9.17) is 24.7 Å². The van der Waals surface area contributed by atoms with Gasteiger partial charge in [0.25, 0.3) is 11.8 Å². The number of nitrogens with two attached hydrogens (primary N) is 1. The molecule has 0 aliphatic carbocycles. The molecule has 196 valence electrons. The van der Waals surface area contributed by atoms with E-state index >= 15 is 0 Å². The van der Waals surface area contributed by atoms with Gasteiger partial charge in [0.05, 0.1) is 11.4 Å². The molecule has 11 nitrogen and oxygen atoms in total. The molecule has 0 fully saturated rings. The van der Waals surface area contributed by atoms with Crippen molar-refractivity contribution in [2.75, 3.05) is 12.1 Å². The summed E-state index contributed by atoms with van der Waals surface area (Å²) < 4.78 is 23.7. The Bertz CT molecular complexity index is 1690. The van der Waals surface area contributed by atoms with Crippen LogP contribution in [0.2, 0.25) is 0 Å². The number of esters is 1. The predicted octanol–water partition coefficient (Wildman–Crippen LogP) is 3.75. The molecule has 2 aliphatic heterocycles. The Morgan fingerprint density at radius 1 is 1.00 bits per heavy atom. The highest BCUT2D eigenvalue weighted by molar-refractivity contribution is 6.06. The van der Waals surface area contributed by atoms with Crippen LogP contribution in [0.5, 0.6) is 23.0 Å². The van der Waals surface area contributed by atoms with E-state index in [1.807, 2.05) is 0 Å². The zero-order valence-corrected chi connectivity index (χ0v) is 20.9. The number of fused-ring (bicyclic) bond motifs is 4. The molecule has 3 heterocycles. The second kappa shape index (κ2) is 9.21. The number of aromatic nitrogens is 2. The van der Waals surface area contributed by atoms with Crippen LogP contribution in [0.25, 0.3) is 16.9 Å². The van der Waals surface area contributed by atoms with E-state index in [0.29, 0.717) is 62.3 Å². The minimum Gasteiger partial charge on any atom is -0.488 e. The number of ether oxygens (including phenoxy) is 4. The minimum absolute atomic E-state index is 0.0840. The van der Waals surface area contributed by atoms with Crippen molar-refractivity contribution in [3.63, 3.8) is 0 Å². The van der Waals surface area contributed by atoms with Crippen molar-refractivity contribution in [2.24, 2.45) is 5.73 Å². The smallest absolute Gasteiger partial charge is 0.308 e. The number of nitrogens with one attached hydrogen (secondary N) is 1. The normalized spacial score (nSPS) is 12.7. The molecule has 4 aromatic rings. The molecule has 0 radical (unpaired) electrons. The lowest BCUT2D eigenvalue weighted by Crippen LogP contribution is -2.16. The molecule has 0 saturated carbocycles. The molecule has 1 aromatic heterocycles. The first-order valence-electron chi connectivity index (χ1n) is 12.0. The van der Waals surface area contributed by atoms with E-state index in [0.717, 1.165) is 0 Å². The lowest BCUT2D eigenvalue weighted by atomic mass is 10.0. The van der Waals surface area contributed by atoms with Gasteiger partial charge < -0.3 is 30.0 Å². The van der Waals surface area contributed by atoms with Crippen molar-refractivity contribution in [1.29, 1.82) is 0 Å². The number of hydrogen-bond donors (Lipinski definition) is 2. The average molecular weight is 527 g/mol. The average Bonchev–Trinajstić information content (AvgIpc) is 3.54. The number of rotatable bonds is 5. The van der Waals surface area contributed by atoms with Crippen molar-refractivity contribution in [3.05, 3.63) is 77.0 Å². The quantitative estimate of drug-likeness (QED) is 0.296. The number of primary amides is 1. The van der Waals surface area contributed by atoms with E-state index in [1.54, 1.807) is 66.2 Å². The van der Waals surface area contributed by atoms with Crippen LogP contribution in [0.1, 0.15) is 38.9 Å². The molecule has 3 aromatic carbocycles. The number of hydrogen-bond acceptors (Lipinski definition) is 8. The van der Waals surface area contributed by atoms with Gasteiger partial charge in [0.1, 0.15) is 18.1 Å². The van der Waals surface area contributed by atoms with Crippen molar-refractivity contribution in [1.82, 2.24) is 9.78 Å². The van der Waals surface area contributed by atoms with Crippen LogP contribution in [-0.4, -0.2) is 34.4 Å². The Hall–Kier alpha value is -5.32. The molecule has 11 heteroatoms. The number of carbonyl (C=O) groups is 3. The summed E-state index contributed by atoms with van der Waals surface area (Å²) in [5.74, 6) is 0.465. The van der Waals surface area contributed by atoms with Gasteiger partial charge in [0.15, 0.2) is 17.2 Å². The van der Waals surface area contributed by atoms with Gasteiger partial charge in [-0.05, 0) is 49.4 Å². The zero-order valence-electron chi connectivity index (χ0n) is 20.9. The van der Waals surface area contributed by atoms with Gasteiger partial charge in [-0.15, -0.1) is 0 Å². The first-order valence-corrected chi connectivity index (χ1v) is 12.0. The van der Waals surface area contributed by atoms with Gasteiger partial charge in [-0.3, -0.25) is 14.4 Å². The largest absolute Gasteiger partial charge is 0.488 e. The highest BCUT2D eigenvalue weighted by Gasteiger charge is 2.30. The number of amides is 2. The van der Waals surface area contributed by atoms with Crippen molar-refractivity contribution in [2.45, 2.75) is 20.5 Å². The lowest BCUT2D eigenvalue weighted by molar-refractivity contribution is -0.131.